The molecule has 0 heterocycles. The van der Waals surface area contributed by atoms with Gasteiger partial charge in [0.15, 0.2) is 8.32 Å². The quantitative estimate of drug-likeness (QED) is 0.441. The van der Waals surface area contributed by atoms with E-state index in [-0.39, 0.29) is 10.5 Å². The Bertz CT molecular complexity index is 383. The molecule has 0 saturated heterocycles. The van der Waals surface area contributed by atoms with E-state index < -0.39 is 8.32 Å². The molecular formula is C19H38OSi. The fourth-order valence-corrected chi connectivity index (χ4v) is 4.73. The van der Waals surface area contributed by atoms with Gasteiger partial charge in [-0.15, -0.1) is 0 Å². The fraction of sp³-hybridized carbons (Fsp3) is 0.895. The molecule has 1 fully saturated rings. The maximum Gasteiger partial charge on any atom is 0.192 e. The van der Waals surface area contributed by atoms with E-state index in [1.54, 1.807) is 0 Å². The molecule has 1 unspecified atom stereocenters. The van der Waals surface area contributed by atoms with Gasteiger partial charge in [-0.1, -0.05) is 67.5 Å². The topological polar surface area (TPSA) is 9.23 Å². The molecule has 1 aliphatic rings. The summed E-state index contributed by atoms with van der Waals surface area (Å²) >= 11 is 0. The lowest BCUT2D eigenvalue weighted by Gasteiger charge is -2.41. The van der Waals surface area contributed by atoms with Crippen molar-refractivity contribution >= 4 is 8.32 Å². The minimum Gasteiger partial charge on any atom is -0.413 e. The van der Waals surface area contributed by atoms with Gasteiger partial charge < -0.3 is 4.43 Å². The lowest BCUT2D eigenvalue weighted by Crippen LogP contribution is -2.46. The second-order valence-electron chi connectivity index (χ2n) is 9.80. The standard InChI is InChI=1S/C19H38OSi/c1-13-12-16(15(3)18(4,5)6)14(2)17(13)20-21(10,11)19(7,8)9/h13-14,16-17H,3,12H2,1-2,4-11H3/t13-,14-,16?,17-/m0/s1. The third-order valence-electron chi connectivity index (χ3n) is 5.99. The number of allylic oxidation sites excluding steroid dienone is 1. The van der Waals surface area contributed by atoms with Crippen LogP contribution in [0.1, 0.15) is 61.8 Å². The van der Waals surface area contributed by atoms with Crippen molar-refractivity contribution < 1.29 is 4.43 Å². The van der Waals surface area contributed by atoms with E-state index in [0.717, 1.165) is 0 Å². The Morgan fingerprint density at radius 2 is 1.52 bits per heavy atom. The predicted molar refractivity (Wildman–Crippen MR) is 97.1 cm³/mol. The van der Waals surface area contributed by atoms with Crippen molar-refractivity contribution in [2.75, 3.05) is 0 Å². The van der Waals surface area contributed by atoms with Gasteiger partial charge in [-0.3, -0.25) is 0 Å². The maximum atomic E-state index is 6.78. The largest absolute Gasteiger partial charge is 0.413 e. The normalized spacial score (nSPS) is 31.5. The summed E-state index contributed by atoms with van der Waals surface area (Å²) in [5.41, 5.74) is 1.60. The van der Waals surface area contributed by atoms with Crippen molar-refractivity contribution in [2.24, 2.45) is 23.2 Å². The highest BCUT2D eigenvalue weighted by Gasteiger charge is 2.47. The molecule has 1 saturated carbocycles. The zero-order valence-electron chi connectivity index (χ0n) is 16.1. The zero-order chi connectivity index (χ0) is 16.8. The molecule has 1 nitrogen and oxygen atoms in total. The molecule has 0 bridgehead atoms. The first kappa shape index (κ1) is 19.0. The number of rotatable bonds is 3. The van der Waals surface area contributed by atoms with Gasteiger partial charge in [0.2, 0.25) is 0 Å². The molecule has 0 aromatic carbocycles. The lowest BCUT2D eigenvalue weighted by atomic mass is 9.76. The van der Waals surface area contributed by atoms with Gasteiger partial charge in [-0.05, 0) is 47.7 Å². The van der Waals surface area contributed by atoms with Crippen LogP contribution in [0.4, 0.5) is 0 Å². The van der Waals surface area contributed by atoms with Gasteiger partial charge in [0, 0.05) is 0 Å². The third-order valence-corrected chi connectivity index (χ3v) is 10.5. The van der Waals surface area contributed by atoms with Crippen molar-refractivity contribution in [3.8, 4) is 0 Å². The first-order valence-corrected chi connectivity index (χ1v) is 11.5. The van der Waals surface area contributed by atoms with Crippen molar-refractivity contribution in [3.63, 3.8) is 0 Å². The van der Waals surface area contributed by atoms with E-state index in [2.05, 4.69) is 75.1 Å². The molecule has 21 heavy (non-hydrogen) atoms. The summed E-state index contributed by atoms with van der Waals surface area (Å²) < 4.78 is 6.78. The smallest absolute Gasteiger partial charge is 0.192 e. The van der Waals surface area contributed by atoms with Crippen LogP contribution in [0.3, 0.4) is 0 Å². The van der Waals surface area contributed by atoms with Crippen molar-refractivity contribution in [1.29, 1.82) is 0 Å². The average molecular weight is 311 g/mol. The Morgan fingerprint density at radius 1 is 1.05 bits per heavy atom. The highest BCUT2D eigenvalue weighted by atomic mass is 28.4. The summed E-state index contributed by atoms with van der Waals surface area (Å²) in [4.78, 5) is 0. The summed E-state index contributed by atoms with van der Waals surface area (Å²) in [6.07, 6.45) is 1.63. The number of hydrogen-bond donors (Lipinski definition) is 0. The average Bonchev–Trinajstić information content (AvgIpc) is 2.53. The lowest BCUT2D eigenvalue weighted by molar-refractivity contribution is 0.108. The summed E-state index contributed by atoms with van der Waals surface area (Å²) in [6.45, 7) is 27.8. The van der Waals surface area contributed by atoms with Gasteiger partial charge in [-0.25, -0.2) is 0 Å². The van der Waals surface area contributed by atoms with Crippen LogP contribution < -0.4 is 0 Å². The third kappa shape index (κ3) is 4.01. The predicted octanol–water partition coefficient (Wildman–Crippen LogP) is 6.27. The SMILES string of the molecule is C=C(C1C[C@H](C)[C@H](O[Si](C)(C)C(C)(C)C)[C@H]1C)C(C)(C)C. The van der Waals surface area contributed by atoms with Gasteiger partial charge in [0.1, 0.15) is 0 Å². The van der Waals surface area contributed by atoms with Crippen molar-refractivity contribution in [2.45, 2.75) is 86.0 Å². The van der Waals surface area contributed by atoms with Crippen molar-refractivity contribution in [1.82, 2.24) is 0 Å². The minimum absolute atomic E-state index is 0.199. The molecule has 0 spiro atoms. The molecule has 0 N–H and O–H groups in total. The fourth-order valence-electron chi connectivity index (χ4n) is 3.25. The van der Waals surface area contributed by atoms with Crippen LogP contribution >= 0.6 is 0 Å². The molecule has 1 rings (SSSR count). The monoisotopic (exact) mass is 310 g/mol. The van der Waals surface area contributed by atoms with E-state index in [1.165, 1.54) is 12.0 Å². The Kier molecular flexibility index (Phi) is 5.28. The van der Waals surface area contributed by atoms with E-state index >= 15 is 0 Å². The molecule has 0 amide bonds. The second-order valence-corrected chi connectivity index (χ2v) is 14.6. The summed E-state index contributed by atoms with van der Waals surface area (Å²) in [7, 11) is -1.69. The van der Waals surface area contributed by atoms with Crippen LogP contribution in [0.2, 0.25) is 18.1 Å². The summed E-state index contributed by atoms with van der Waals surface area (Å²) in [5.74, 6) is 1.83. The Balaban J connectivity index is 2.91. The first-order chi connectivity index (χ1) is 9.18. The highest BCUT2D eigenvalue weighted by molar-refractivity contribution is 6.74. The van der Waals surface area contributed by atoms with Crippen molar-refractivity contribution in [3.05, 3.63) is 12.2 Å². The maximum absolute atomic E-state index is 6.78. The Hall–Kier alpha value is -0.0831. The molecule has 0 aromatic rings. The second kappa shape index (κ2) is 5.85. The van der Waals surface area contributed by atoms with Crippen LogP contribution in [0.25, 0.3) is 0 Å². The highest BCUT2D eigenvalue weighted by Crippen LogP contribution is 2.49. The molecule has 0 aromatic heterocycles. The van der Waals surface area contributed by atoms with Gasteiger partial charge in [0.25, 0.3) is 0 Å². The Labute approximate surface area is 134 Å². The summed E-state index contributed by atoms with van der Waals surface area (Å²) in [5, 5.41) is 0.283. The molecule has 0 radical (unpaired) electrons. The summed E-state index contributed by atoms with van der Waals surface area (Å²) in [6, 6.07) is 0. The van der Waals surface area contributed by atoms with E-state index in [0.29, 0.717) is 23.9 Å². The zero-order valence-corrected chi connectivity index (χ0v) is 17.1. The number of hydrogen-bond acceptors (Lipinski definition) is 1. The molecule has 1 aliphatic carbocycles. The van der Waals surface area contributed by atoms with Crippen LogP contribution in [-0.4, -0.2) is 14.4 Å². The molecule has 2 heteroatoms. The molecular weight excluding hydrogens is 272 g/mol. The first-order valence-electron chi connectivity index (χ1n) is 8.55. The van der Waals surface area contributed by atoms with E-state index in [1.807, 2.05) is 0 Å². The molecule has 124 valence electrons. The van der Waals surface area contributed by atoms with E-state index in [9.17, 15) is 0 Å². The van der Waals surface area contributed by atoms with Crippen LogP contribution in [-0.2, 0) is 4.43 Å². The van der Waals surface area contributed by atoms with Crippen LogP contribution in [0.5, 0.6) is 0 Å². The molecule has 0 aliphatic heterocycles. The van der Waals surface area contributed by atoms with Gasteiger partial charge in [-0.2, -0.15) is 0 Å². The minimum atomic E-state index is -1.69. The van der Waals surface area contributed by atoms with Crippen LogP contribution in [0, 0.1) is 23.2 Å². The van der Waals surface area contributed by atoms with Gasteiger partial charge in [0.05, 0.1) is 6.10 Å². The molecule has 4 atom stereocenters. The van der Waals surface area contributed by atoms with Gasteiger partial charge >= 0.3 is 0 Å². The van der Waals surface area contributed by atoms with Crippen LogP contribution in [0.15, 0.2) is 12.2 Å². The Morgan fingerprint density at radius 3 is 1.90 bits per heavy atom. The van der Waals surface area contributed by atoms with E-state index in [4.69, 9.17) is 4.43 Å².